The lowest BCUT2D eigenvalue weighted by Gasteiger charge is -2.13. The lowest BCUT2D eigenvalue weighted by molar-refractivity contribution is -0.129. The topological polar surface area (TPSA) is 275 Å². The second-order valence-corrected chi connectivity index (χ2v) is 5.02. The molecule has 0 saturated heterocycles. The largest absolute Gasteiger partial charge is 0.301 e. The Kier molecular flexibility index (Phi) is 36.7. The maximum Gasteiger partial charge on any atom is 0.243 e. The summed E-state index contributed by atoms with van der Waals surface area (Å²) in [5.41, 5.74) is 21.2. The van der Waals surface area contributed by atoms with E-state index in [-0.39, 0.29) is 23.6 Å². The third-order valence-corrected chi connectivity index (χ3v) is 2.40. The fourth-order valence-corrected chi connectivity index (χ4v) is 0.316. The molecule has 0 aliphatic rings. The van der Waals surface area contributed by atoms with Crippen molar-refractivity contribution in [3.63, 3.8) is 0 Å². The number of carbonyl (C=O) groups is 4. The Morgan fingerprint density at radius 3 is 0.700 bits per heavy atom. The molecule has 0 aromatic carbocycles. The van der Waals surface area contributed by atoms with Crippen LogP contribution < -0.4 is 39.1 Å². The van der Waals surface area contributed by atoms with Gasteiger partial charge < -0.3 is 17.2 Å². The van der Waals surface area contributed by atoms with Crippen LogP contribution in [0.3, 0.4) is 0 Å². The summed E-state index contributed by atoms with van der Waals surface area (Å²) in [7, 11) is 0. The van der Waals surface area contributed by atoms with Crippen LogP contribution in [0.4, 0.5) is 0 Å². The van der Waals surface area contributed by atoms with E-state index in [1.54, 1.807) is 27.7 Å². The summed E-state index contributed by atoms with van der Waals surface area (Å²) in [5, 5.41) is 30.9. The summed E-state index contributed by atoms with van der Waals surface area (Å²) in [6.07, 6.45) is 1.92. The molecule has 0 aromatic rings. The van der Waals surface area contributed by atoms with Gasteiger partial charge in [-0.05, 0) is 6.42 Å². The first-order valence-electron chi connectivity index (χ1n) is 8.88. The van der Waals surface area contributed by atoms with Crippen LogP contribution >= 0.6 is 0 Å². The van der Waals surface area contributed by atoms with Crippen molar-refractivity contribution in [3.05, 3.63) is 0 Å². The number of nitrogens with two attached hydrogens (primary N) is 3. The summed E-state index contributed by atoms with van der Waals surface area (Å²) in [6, 6.07) is 0. The van der Waals surface area contributed by atoms with Gasteiger partial charge in [0.25, 0.3) is 0 Å². The van der Waals surface area contributed by atoms with E-state index in [0.29, 0.717) is 32.1 Å². The van der Waals surface area contributed by atoms with E-state index in [1.165, 1.54) is 21.9 Å². The van der Waals surface area contributed by atoms with Gasteiger partial charge in [0.1, 0.15) is 5.79 Å². The van der Waals surface area contributed by atoms with Crippen LogP contribution in [0.1, 0.15) is 66.7 Å². The van der Waals surface area contributed by atoms with Crippen molar-refractivity contribution in [1.29, 1.82) is 0 Å². The third-order valence-electron chi connectivity index (χ3n) is 2.40. The molecule has 4 amide bonds. The molecule has 0 rings (SSSR count). The smallest absolute Gasteiger partial charge is 0.243 e. The second kappa shape index (κ2) is 28.8. The lowest BCUT2D eigenvalue weighted by atomic mass is 10.3. The Hall–Kier alpha value is -2.40. The van der Waals surface area contributed by atoms with Gasteiger partial charge in [0.05, 0.1) is 0 Å². The van der Waals surface area contributed by atoms with Crippen molar-refractivity contribution in [3.8, 4) is 0 Å². The first kappa shape index (κ1) is 38.2. The molecule has 30 heavy (non-hydrogen) atoms. The number of nitrogens with one attached hydrogen (secondary N) is 4. The minimum absolute atomic E-state index is 0.330. The Morgan fingerprint density at radius 2 is 0.700 bits per heavy atom. The highest BCUT2D eigenvalue weighted by molar-refractivity contribution is 5.74. The van der Waals surface area contributed by atoms with E-state index in [4.69, 9.17) is 38.0 Å². The summed E-state index contributed by atoms with van der Waals surface area (Å²) < 4.78 is 0. The van der Waals surface area contributed by atoms with E-state index in [1.807, 2.05) is 6.92 Å². The molecule has 0 heterocycles. The first-order valence-corrected chi connectivity index (χ1v) is 8.88. The highest BCUT2D eigenvalue weighted by Gasteiger charge is 2.04. The summed E-state index contributed by atoms with van der Waals surface area (Å²) in [6.45, 7) is 8.47. The van der Waals surface area contributed by atoms with E-state index in [0.717, 1.165) is 0 Å². The van der Waals surface area contributed by atoms with Gasteiger partial charge in [-0.3, -0.25) is 40.0 Å². The van der Waals surface area contributed by atoms with Crippen LogP contribution in [0, 0.1) is 0 Å². The van der Waals surface area contributed by atoms with Gasteiger partial charge in [0.2, 0.25) is 23.6 Å². The van der Waals surface area contributed by atoms with E-state index in [9.17, 15) is 19.2 Å². The van der Waals surface area contributed by atoms with Gasteiger partial charge in [-0.25, -0.2) is 21.9 Å². The zero-order valence-corrected chi connectivity index (χ0v) is 18.2. The van der Waals surface area contributed by atoms with Gasteiger partial charge in [-0.2, -0.15) is 0 Å². The van der Waals surface area contributed by atoms with E-state index < -0.39 is 5.79 Å². The molecular formula is C15H39N7O8. The molecule has 15 nitrogen and oxygen atoms in total. The van der Waals surface area contributed by atoms with Crippen molar-refractivity contribution < 1.29 is 40.0 Å². The minimum Gasteiger partial charge on any atom is -0.301 e. The summed E-state index contributed by atoms with van der Waals surface area (Å²) >= 11 is 0. The molecule has 0 aliphatic heterocycles. The van der Waals surface area contributed by atoms with Gasteiger partial charge in [-0.15, -0.1) is 0 Å². The first-order chi connectivity index (χ1) is 13.8. The zero-order valence-electron chi connectivity index (χ0n) is 18.2. The normalized spacial score (nSPS) is 8.53. The molecule has 182 valence electrons. The predicted octanol–water partition coefficient (Wildman–Crippen LogP) is -1.47. The van der Waals surface area contributed by atoms with Crippen LogP contribution in [0.15, 0.2) is 0 Å². The van der Waals surface area contributed by atoms with Gasteiger partial charge in [0.15, 0.2) is 0 Å². The second-order valence-electron chi connectivity index (χ2n) is 5.02. The average Bonchev–Trinajstić information content (AvgIpc) is 2.77. The van der Waals surface area contributed by atoms with Crippen molar-refractivity contribution in [2.45, 2.75) is 72.5 Å². The summed E-state index contributed by atoms with van der Waals surface area (Å²) in [4.78, 5) is 39.3. The number of hydroxylamine groups is 4. The van der Waals surface area contributed by atoms with Gasteiger partial charge in [-0.1, -0.05) is 34.6 Å². The molecule has 0 aliphatic carbocycles. The van der Waals surface area contributed by atoms with Crippen LogP contribution in [0.25, 0.3) is 0 Å². The molecule has 0 bridgehead atoms. The molecule has 15 heteroatoms. The third kappa shape index (κ3) is 56.2. The minimum atomic E-state index is -0.958. The van der Waals surface area contributed by atoms with Crippen molar-refractivity contribution in [1.82, 2.24) is 21.9 Å². The lowest BCUT2D eigenvalue weighted by Crippen LogP contribution is -2.57. The van der Waals surface area contributed by atoms with Crippen LogP contribution in [0.2, 0.25) is 0 Å². The Bertz CT molecular complexity index is 344. The van der Waals surface area contributed by atoms with Gasteiger partial charge >= 0.3 is 0 Å². The Balaban J connectivity index is -0.0000000868. The van der Waals surface area contributed by atoms with E-state index >= 15 is 0 Å². The number of hydrogen-bond acceptors (Lipinski definition) is 11. The highest BCUT2D eigenvalue weighted by atomic mass is 16.5. The summed E-state index contributed by atoms with van der Waals surface area (Å²) in [5.74, 6) is -2.37. The molecule has 14 N–H and O–H groups in total. The Labute approximate surface area is 176 Å². The van der Waals surface area contributed by atoms with Crippen molar-refractivity contribution in [2.75, 3.05) is 0 Å². The monoisotopic (exact) mass is 445 g/mol. The SMILES string of the molecule is CCC(=O)NO.CCC(=O)NO.CCC(=O)NO.CCC(=O)NO.CCC(N)(N)N. The van der Waals surface area contributed by atoms with Gasteiger partial charge in [0, 0.05) is 25.7 Å². The molecule has 0 fully saturated rings. The van der Waals surface area contributed by atoms with E-state index in [2.05, 4.69) is 0 Å². The number of rotatable bonds is 5. The molecule has 0 aromatic heterocycles. The molecule has 0 unspecified atom stereocenters. The number of amides is 4. The average molecular weight is 446 g/mol. The number of carbonyl (C=O) groups excluding carboxylic acids is 4. The van der Waals surface area contributed by atoms with Crippen molar-refractivity contribution in [2.24, 2.45) is 17.2 Å². The zero-order chi connectivity index (χ0) is 25.2. The molecular weight excluding hydrogens is 406 g/mol. The predicted molar refractivity (Wildman–Crippen MR) is 106 cm³/mol. The standard InChI is InChI=1S/C3H11N3.4C3H7NO2/c1-2-3(4,5)6;4*1-2-3(5)4-6/h2,4-6H2,1H3;4*6H,2H2,1H3,(H,4,5). The molecule has 0 atom stereocenters. The highest BCUT2D eigenvalue weighted by Crippen LogP contribution is 1.81. The maximum absolute atomic E-state index is 9.82. The quantitative estimate of drug-likeness (QED) is 0.132. The molecule has 0 spiro atoms. The van der Waals surface area contributed by atoms with Crippen LogP contribution in [-0.2, 0) is 19.2 Å². The Morgan fingerprint density at radius 1 is 0.567 bits per heavy atom. The van der Waals surface area contributed by atoms with Crippen LogP contribution in [-0.4, -0.2) is 50.2 Å². The molecule has 0 radical (unpaired) electrons. The maximum atomic E-state index is 9.82. The van der Waals surface area contributed by atoms with Crippen molar-refractivity contribution >= 4 is 23.6 Å². The number of hydrogen-bond donors (Lipinski definition) is 11. The fourth-order valence-electron chi connectivity index (χ4n) is 0.316. The fraction of sp³-hybridized carbons (Fsp3) is 0.733. The molecule has 0 saturated carbocycles. The van der Waals surface area contributed by atoms with Crippen LogP contribution in [0.5, 0.6) is 0 Å².